The van der Waals surface area contributed by atoms with E-state index in [1.54, 1.807) is 15.6 Å². The van der Waals surface area contributed by atoms with Gasteiger partial charge in [-0.25, -0.2) is 9.36 Å². The van der Waals surface area contributed by atoms with Crippen molar-refractivity contribution in [1.82, 2.24) is 29.3 Å². The molecular formula is C32H38BrN7O3Si. The van der Waals surface area contributed by atoms with Gasteiger partial charge in [-0.1, -0.05) is 53.8 Å². The number of hydrogen-bond donors (Lipinski definition) is 1. The first-order chi connectivity index (χ1) is 21.2. The quantitative estimate of drug-likeness (QED) is 0.118. The van der Waals surface area contributed by atoms with Crippen LogP contribution in [0.15, 0.2) is 71.7 Å². The first kappa shape index (κ1) is 30.4. The third-order valence-corrected chi connectivity index (χ3v) is 9.88. The zero-order valence-electron chi connectivity index (χ0n) is 25.4. The highest BCUT2D eigenvalue weighted by Gasteiger charge is 2.21. The predicted octanol–water partition coefficient (Wildman–Crippen LogP) is 7.17. The lowest BCUT2D eigenvalue weighted by Gasteiger charge is -2.22. The van der Waals surface area contributed by atoms with Gasteiger partial charge in [-0.05, 0) is 60.7 Å². The third-order valence-electron chi connectivity index (χ3n) is 7.69. The molecule has 3 aromatic heterocycles. The van der Waals surface area contributed by atoms with Gasteiger partial charge >= 0.3 is 0 Å². The third kappa shape index (κ3) is 7.37. The molecular weight excluding hydrogens is 638 g/mol. The second kappa shape index (κ2) is 13.2. The van der Waals surface area contributed by atoms with Crippen molar-refractivity contribution >= 4 is 46.5 Å². The summed E-state index contributed by atoms with van der Waals surface area (Å²) in [5.74, 6) is -0.298. The largest absolute Gasteiger partial charge is 0.360 e. The smallest absolute Gasteiger partial charge is 0.276 e. The number of carbonyl (C=O) groups excluding carboxylic acids is 1. The van der Waals surface area contributed by atoms with Crippen molar-refractivity contribution < 1.29 is 14.3 Å². The van der Waals surface area contributed by atoms with Gasteiger partial charge in [0.15, 0.2) is 5.69 Å². The van der Waals surface area contributed by atoms with E-state index >= 15 is 0 Å². The van der Waals surface area contributed by atoms with Gasteiger partial charge in [0, 0.05) is 49.1 Å². The normalized spacial score (nSPS) is 15.6. The molecule has 1 fully saturated rings. The fourth-order valence-electron chi connectivity index (χ4n) is 5.25. The van der Waals surface area contributed by atoms with Crippen LogP contribution in [0.1, 0.15) is 41.5 Å². The standard InChI is InChI=1S/C32H38BrN7O3Si/c1-44(2,3)14-13-42-22-40-29-16-24(25-17-35-39(20-25)30-9-4-5-12-43-30)10-11-28(29)31(37-40)32(41)36-27-18-34-38(21-27)19-23-7-6-8-26(33)15-23/h6-8,10-11,15-18,20-21,30H,4-5,9,12-14,19,22H2,1-3H3,(H,36,41). The Morgan fingerprint density at radius 1 is 1.09 bits per heavy atom. The molecule has 6 rings (SSSR count). The fraction of sp³-hybridized carbons (Fsp3) is 0.375. The molecule has 0 saturated carbocycles. The number of benzene rings is 2. The minimum atomic E-state index is -1.24. The maximum absolute atomic E-state index is 13.6. The Kier molecular flexibility index (Phi) is 9.12. The van der Waals surface area contributed by atoms with Gasteiger partial charge in [0.2, 0.25) is 0 Å². The van der Waals surface area contributed by atoms with E-state index in [-0.39, 0.29) is 18.9 Å². The van der Waals surface area contributed by atoms with Gasteiger partial charge in [0.25, 0.3) is 5.91 Å². The van der Waals surface area contributed by atoms with Crippen molar-refractivity contribution in [2.24, 2.45) is 0 Å². The Balaban J connectivity index is 1.24. The lowest BCUT2D eigenvalue weighted by molar-refractivity contribution is -0.0394. The Hall–Kier alpha value is -3.58. The van der Waals surface area contributed by atoms with Gasteiger partial charge in [-0.3, -0.25) is 9.48 Å². The van der Waals surface area contributed by atoms with Crippen LogP contribution in [0.5, 0.6) is 0 Å². The Bertz CT molecular complexity index is 1750. The van der Waals surface area contributed by atoms with Crippen molar-refractivity contribution in [3.63, 3.8) is 0 Å². The molecule has 1 N–H and O–H groups in total. The molecule has 1 amide bonds. The summed E-state index contributed by atoms with van der Waals surface area (Å²) in [7, 11) is -1.24. The second-order valence-corrected chi connectivity index (χ2v) is 19.0. The van der Waals surface area contributed by atoms with Crippen molar-refractivity contribution in [3.05, 3.63) is 83.0 Å². The SMILES string of the molecule is C[Si](C)(C)CCOCn1nc(C(=O)Nc2cnn(Cc3cccc(Br)c3)c2)c2ccc(-c3cnn(C4CCCCO4)c3)cc21. The highest BCUT2D eigenvalue weighted by Crippen LogP contribution is 2.29. The maximum atomic E-state index is 13.6. The first-order valence-corrected chi connectivity index (χ1v) is 19.5. The molecule has 1 atom stereocenters. The summed E-state index contributed by atoms with van der Waals surface area (Å²) in [5, 5.41) is 17.5. The molecule has 0 bridgehead atoms. The zero-order valence-corrected chi connectivity index (χ0v) is 28.0. The highest BCUT2D eigenvalue weighted by molar-refractivity contribution is 9.10. The van der Waals surface area contributed by atoms with Crippen LogP contribution < -0.4 is 5.32 Å². The van der Waals surface area contributed by atoms with E-state index in [0.717, 1.165) is 64.0 Å². The molecule has 0 spiro atoms. The number of hydrogen-bond acceptors (Lipinski definition) is 6. The zero-order chi connectivity index (χ0) is 30.7. The molecule has 12 heteroatoms. The monoisotopic (exact) mass is 675 g/mol. The van der Waals surface area contributed by atoms with E-state index in [1.165, 1.54) is 0 Å². The summed E-state index contributed by atoms with van der Waals surface area (Å²) < 4.78 is 18.5. The molecule has 1 aliphatic heterocycles. The number of fused-ring (bicyclic) bond motifs is 1. The van der Waals surface area contributed by atoms with Crippen molar-refractivity contribution in [2.45, 2.75) is 64.5 Å². The number of nitrogens with zero attached hydrogens (tertiary/aromatic N) is 6. The molecule has 1 unspecified atom stereocenters. The molecule has 4 heterocycles. The molecule has 230 valence electrons. The molecule has 44 heavy (non-hydrogen) atoms. The van der Waals surface area contributed by atoms with Crippen LogP contribution in [0, 0.1) is 0 Å². The van der Waals surface area contributed by atoms with Gasteiger partial charge in [-0.15, -0.1) is 0 Å². The van der Waals surface area contributed by atoms with E-state index in [1.807, 2.05) is 59.7 Å². The Morgan fingerprint density at radius 3 is 2.77 bits per heavy atom. The Morgan fingerprint density at radius 2 is 1.98 bits per heavy atom. The average Bonchev–Trinajstić information content (AvgIpc) is 3.74. The van der Waals surface area contributed by atoms with Crippen molar-refractivity contribution in [1.29, 1.82) is 0 Å². The van der Waals surface area contributed by atoms with Crippen LogP contribution in [0.2, 0.25) is 25.7 Å². The maximum Gasteiger partial charge on any atom is 0.276 e. The van der Waals surface area contributed by atoms with Crippen LogP contribution in [0.4, 0.5) is 5.69 Å². The van der Waals surface area contributed by atoms with Gasteiger partial charge in [0.1, 0.15) is 13.0 Å². The summed E-state index contributed by atoms with van der Waals surface area (Å²) in [6, 6.07) is 15.1. The first-order valence-electron chi connectivity index (χ1n) is 15.0. The molecule has 1 saturated heterocycles. The fourth-order valence-corrected chi connectivity index (χ4v) is 6.46. The lowest BCUT2D eigenvalue weighted by Crippen LogP contribution is -2.22. The summed E-state index contributed by atoms with van der Waals surface area (Å²) >= 11 is 3.51. The number of anilines is 1. The topological polar surface area (TPSA) is 101 Å². The summed E-state index contributed by atoms with van der Waals surface area (Å²) in [6.45, 7) is 9.25. The number of nitrogens with one attached hydrogen (secondary N) is 1. The molecule has 0 aliphatic carbocycles. The number of amides is 1. The van der Waals surface area contributed by atoms with Gasteiger partial charge in [0.05, 0.1) is 30.1 Å². The number of carbonyl (C=O) groups is 1. The van der Waals surface area contributed by atoms with Crippen LogP contribution in [-0.2, 0) is 22.7 Å². The van der Waals surface area contributed by atoms with E-state index in [0.29, 0.717) is 24.5 Å². The van der Waals surface area contributed by atoms with E-state index in [9.17, 15) is 4.79 Å². The minimum absolute atomic E-state index is 0.0271. The molecule has 5 aromatic rings. The van der Waals surface area contributed by atoms with E-state index in [4.69, 9.17) is 14.6 Å². The van der Waals surface area contributed by atoms with Crippen molar-refractivity contribution in [3.8, 4) is 11.1 Å². The van der Waals surface area contributed by atoms with Crippen LogP contribution in [-0.4, -0.2) is 56.5 Å². The molecule has 2 aromatic carbocycles. The second-order valence-electron chi connectivity index (χ2n) is 12.5. The predicted molar refractivity (Wildman–Crippen MR) is 177 cm³/mol. The number of ether oxygens (including phenoxy) is 2. The van der Waals surface area contributed by atoms with Gasteiger partial charge < -0.3 is 14.8 Å². The van der Waals surface area contributed by atoms with Crippen LogP contribution in [0.3, 0.4) is 0 Å². The molecule has 0 radical (unpaired) electrons. The van der Waals surface area contributed by atoms with E-state index < -0.39 is 8.07 Å². The summed E-state index contributed by atoms with van der Waals surface area (Å²) in [4.78, 5) is 13.6. The van der Waals surface area contributed by atoms with Gasteiger partial charge in [-0.2, -0.15) is 15.3 Å². The average molecular weight is 677 g/mol. The molecule has 1 aliphatic rings. The Labute approximate surface area is 266 Å². The minimum Gasteiger partial charge on any atom is -0.360 e. The van der Waals surface area contributed by atoms with E-state index in [2.05, 4.69) is 57.2 Å². The number of aromatic nitrogens is 6. The van der Waals surface area contributed by atoms with Crippen molar-refractivity contribution in [2.75, 3.05) is 18.5 Å². The summed E-state index contributed by atoms with van der Waals surface area (Å²) in [6.07, 6.45) is 10.5. The number of rotatable bonds is 11. The lowest BCUT2D eigenvalue weighted by atomic mass is 10.1. The van der Waals surface area contributed by atoms with Crippen LogP contribution in [0.25, 0.3) is 22.0 Å². The van der Waals surface area contributed by atoms with Crippen LogP contribution >= 0.6 is 15.9 Å². The summed E-state index contributed by atoms with van der Waals surface area (Å²) in [5.41, 5.74) is 4.85. The molecule has 10 nitrogen and oxygen atoms in total. The highest BCUT2D eigenvalue weighted by atomic mass is 79.9. The number of halogens is 1.